The molecule has 0 aliphatic heterocycles. The molecule has 1 aliphatic carbocycles. The third-order valence-corrected chi connectivity index (χ3v) is 8.32. The van der Waals surface area contributed by atoms with Crippen LogP contribution in [0.3, 0.4) is 0 Å². The van der Waals surface area contributed by atoms with E-state index in [9.17, 15) is 20.1 Å². The van der Waals surface area contributed by atoms with E-state index in [0.717, 1.165) is 41.7 Å². The van der Waals surface area contributed by atoms with Crippen LogP contribution in [0, 0.1) is 29.6 Å². The van der Waals surface area contributed by atoms with E-state index in [1.807, 2.05) is 31.2 Å². The Labute approximate surface area is 223 Å². The molecule has 0 unspecified atom stereocenters. The van der Waals surface area contributed by atoms with Crippen LogP contribution >= 0.6 is 23.1 Å². The number of aromatic nitrogens is 1. The number of nitrogens with zero attached hydrogens (tertiary/aromatic N) is 3. The minimum Gasteiger partial charge on any atom is -0.465 e. The average molecular weight is 532 g/mol. The molecule has 1 aromatic carbocycles. The lowest BCUT2D eigenvalue weighted by Gasteiger charge is -2.13. The molecular formula is C27H25N5O3S2. The number of nitriles is 2. The van der Waals surface area contributed by atoms with E-state index in [1.54, 1.807) is 0 Å². The van der Waals surface area contributed by atoms with Crippen LogP contribution in [0.2, 0.25) is 0 Å². The van der Waals surface area contributed by atoms with Gasteiger partial charge in [0, 0.05) is 22.6 Å². The largest absolute Gasteiger partial charge is 0.465 e. The summed E-state index contributed by atoms with van der Waals surface area (Å²) in [6.07, 6.45) is 3.88. The highest BCUT2D eigenvalue weighted by Gasteiger charge is 2.27. The fourth-order valence-corrected chi connectivity index (χ4v) is 6.54. The van der Waals surface area contributed by atoms with Crippen molar-refractivity contribution in [2.75, 3.05) is 23.9 Å². The Balaban J connectivity index is 1.53. The molecule has 1 amide bonds. The maximum Gasteiger partial charge on any atom is 0.341 e. The Morgan fingerprint density at radius 3 is 2.54 bits per heavy atom. The number of rotatable bonds is 7. The topological polar surface area (TPSA) is 142 Å². The summed E-state index contributed by atoms with van der Waals surface area (Å²) in [6, 6.07) is 11.7. The number of ether oxygens (including phenoxy) is 1. The van der Waals surface area contributed by atoms with E-state index >= 15 is 0 Å². The second-order valence-corrected chi connectivity index (χ2v) is 10.8. The van der Waals surface area contributed by atoms with E-state index in [2.05, 4.69) is 22.4 Å². The molecule has 1 aliphatic rings. The van der Waals surface area contributed by atoms with Crippen molar-refractivity contribution in [2.24, 2.45) is 0 Å². The fourth-order valence-electron chi connectivity index (χ4n) is 4.31. The molecule has 0 bridgehead atoms. The number of methoxy groups -OCH3 is 1. The van der Waals surface area contributed by atoms with Gasteiger partial charge in [0.15, 0.2) is 0 Å². The van der Waals surface area contributed by atoms with E-state index in [0.29, 0.717) is 32.5 Å². The van der Waals surface area contributed by atoms with Crippen molar-refractivity contribution >= 4 is 45.8 Å². The number of thiophene rings is 1. The maximum absolute atomic E-state index is 12.8. The minimum atomic E-state index is -0.441. The maximum atomic E-state index is 12.8. The lowest BCUT2D eigenvalue weighted by atomic mass is 9.95. The number of amides is 1. The molecule has 4 rings (SSSR count). The molecule has 10 heteroatoms. The van der Waals surface area contributed by atoms with Crippen LogP contribution in [-0.2, 0) is 22.4 Å². The number of carbonyl (C=O) groups is 2. The molecule has 2 aromatic heterocycles. The summed E-state index contributed by atoms with van der Waals surface area (Å²) in [4.78, 5) is 30.6. The Morgan fingerprint density at radius 2 is 1.86 bits per heavy atom. The molecule has 0 atom stereocenters. The molecule has 3 N–H and O–H groups in total. The second-order valence-electron chi connectivity index (χ2n) is 8.57. The first-order valence-corrected chi connectivity index (χ1v) is 13.5. The lowest BCUT2D eigenvalue weighted by molar-refractivity contribution is -0.115. The predicted octanol–water partition coefficient (Wildman–Crippen LogP) is 5.23. The predicted molar refractivity (Wildman–Crippen MR) is 145 cm³/mol. The van der Waals surface area contributed by atoms with Gasteiger partial charge in [-0.1, -0.05) is 29.8 Å². The number of nitrogen functional groups attached to an aromatic ring is 1. The van der Waals surface area contributed by atoms with Crippen LogP contribution in [0.1, 0.15) is 56.8 Å². The zero-order valence-electron chi connectivity index (χ0n) is 20.5. The van der Waals surface area contributed by atoms with Gasteiger partial charge in [0.2, 0.25) is 5.91 Å². The zero-order valence-corrected chi connectivity index (χ0v) is 22.1. The summed E-state index contributed by atoms with van der Waals surface area (Å²) in [5.41, 5.74) is 10.1. The van der Waals surface area contributed by atoms with Gasteiger partial charge in [-0.05, 0) is 43.7 Å². The standard InChI is InChI=1S/C27H25N5O3S2/c1-15-7-9-16(10-8-15)22-18(13-28)24(30)32-25(19(22)14-29)36-12-11-21(33)31-26-23(27(34)35-2)17-5-3-4-6-20(17)37-26/h7-10H,3-6,11-12H2,1-2H3,(H2,30,32)(H,31,33). The van der Waals surface area contributed by atoms with Crippen LogP contribution < -0.4 is 11.1 Å². The summed E-state index contributed by atoms with van der Waals surface area (Å²) < 4.78 is 4.97. The van der Waals surface area contributed by atoms with Crippen molar-refractivity contribution in [3.05, 3.63) is 57.0 Å². The number of hydrogen-bond acceptors (Lipinski definition) is 9. The third kappa shape index (κ3) is 5.46. The van der Waals surface area contributed by atoms with Crippen molar-refractivity contribution in [1.29, 1.82) is 10.5 Å². The summed E-state index contributed by atoms with van der Waals surface area (Å²) in [5, 5.41) is 23.4. The van der Waals surface area contributed by atoms with Gasteiger partial charge in [-0.25, -0.2) is 9.78 Å². The fraction of sp³-hybridized carbons (Fsp3) is 0.296. The highest BCUT2D eigenvalue weighted by atomic mass is 32.2. The first-order chi connectivity index (χ1) is 17.9. The Kier molecular flexibility index (Phi) is 8.12. The van der Waals surface area contributed by atoms with Crippen LogP contribution in [0.25, 0.3) is 11.1 Å². The zero-order chi connectivity index (χ0) is 26.5. The summed E-state index contributed by atoms with van der Waals surface area (Å²) in [6.45, 7) is 1.95. The number of benzene rings is 1. The number of fused-ring (bicyclic) bond motifs is 1. The van der Waals surface area contributed by atoms with Crippen LogP contribution in [0.5, 0.6) is 0 Å². The highest BCUT2D eigenvalue weighted by molar-refractivity contribution is 7.99. The van der Waals surface area contributed by atoms with Gasteiger partial charge in [0.1, 0.15) is 33.5 Å². The van der Waals surface area contributed by atoms with E-state index in [-0.39, 0.29) is 29.3 Å². The molecule has 8 nitrogen and oxygen atoms in total. The van der Waals surface area contributed by atoms with E-state index < -0.39 is 5.97 Å². The minimum absolute atomic E-state index is 0.0379. The number of esters is 1. The number of hydrogen-bond donors (Lipinski definition) is 2. The summed E-state index contributed by atoms with van der Waals surface area (Å²) in [7, 11) is 1.34. The van der Waals surface area contributed by atoms with Gasteiger partial charge in [-0.2, -0.15) is 10.5 Å². The van der Waals surface area contributed by atoms with Crippen molar-refractivity contribution in [3.63, 3.8) is 0 Å². The van der Waals surface area contributed by atoms with Crippen molar-refractivity contribution in [1.82, 2.24) is 4.98 Å². The van der Waals surface area contributed by atoms with E-state index in [1.165, 1.54) is 30.2 Å². The van der Waals surface area contributed by atoms with E-state index in [4.69, 9.17) is 10.5 Å². The average Bonchev–Trinajstić information content (AvgIpc) is 3.26. The Bertz CT molecular complexity index is 1450. The number of nitrogens with one attached hydrogen (secondary N) is 1. The van der Waals surface area contributed by atoms with Gasteiger partial charge in [-0.3, -0.25) is 4.79 Å². The first kappa shape index (κ1) is 26.2. The van der Waals surface area contributed by atoms with Gasteiger partial charge < -0.3 is 15.8 Å². The monoisotopic (exact) mass is 531 g/mol. The van der Waals surface area contributed by atoms with Gasteiger partial charge in [0.05, 0.1) is 18.2 Å². The molecular weight excluding hydrogens is 506 g/mol. The van der Waals surface area contributed by atoms with Crippen molar-refractivity contribution in [3.8, 4) is 23.3 Å². The molecule has 0 spiro atoms. The molecule has 37 heavy (non-hydrogen) atoms. The number of pyridine rings is 1. The van der Waals surface area contributed by atoms with Gasteiger partial charge in [-0.15, -0.1) is 23.1 Å². The molecule has 0 radical (unpaired) electrons. The third-order valence-electron chi connectivity index (χ3n) is 6.14. The second kappa shape index (κ2) is 11.5. The Morgan fingerprint density at radius 1 is 1.16 bits per heavy atom. The normalized spacial score (nSPS) is 12.2. The van der Waals surface area contributed by atoms with Crippen LogP contribution in [-0.4, -0.2) is 29.7 Å². The highest BCUT2D eigenvalue weighted by Crippen LogP contribution is 2.39. The number of anilines is 2. The number of thioether (sulfide) groups is 1. The summed E-state index contributed by atoms with van der Waals surface area (Å²) in [5.74, 6) is -0.333. The van der Waals surface area contributed by atoms with Crippen LogP contribution in [0.15, 0.2) is 29.3 Å². The quantitative estimate of drug-likeness (QED) is 0.312. The smallest absolute Gasteiger partial charge is 0.341 e. The molecule has 188 valence electrons. The first-order valence-electron chi connectivity index (χ1n) is 11.7. The lowest BCUT2D eigenvalue weighted by Crippen LogP contribution is -2.15. The SMILES string of the molecule is COC(=O)c1c(NC(=O)CCSc2nc(N)c(C#N)c(-c3ccc(C)cc3)c2C#N)sc2c1CCCC2. The Hall–Kier alpha value is -3.86. The molecule has 2 heterocycles. The van der Waals surface area contributed by atoms with Crippen molar-refractivity contribution in [2.45, 2.75) is 44.1 Å². The number of carbonyl (C=O) groups excluding carboxylic acids is 2. The molecule has 3 aromatic rings. The summed E-state index contributed by atoms with van der Waals surface area (Å²) >= 11 is 2.66. The van der Waals surface area contributed by atoms with Gasteiger partial charge >= 0.3 is 5.97 Å². The van der Waals surface area contributed by atoms with Crippen molar-refractivity contribution < 1.29 is 14.3 Å². The number of aryl methyl sites for hydroxylation is 2. The van der Waals surface area contributed by atoms with Gasteiger partial charge in [0.25, 0.3) is 0 Å². The molecule has 0 fully saturated rings. The number of nitrogens with two attached hydrogens (primary N) is 1. The van der Waals surface area contributed by atoms with Crippen LogP contribution in [0.4, 0.5) is 10.8 Å². The molecule has 0 saturated heterocycles. The molecule has 0 saturated carbocycles.